The van der Waals surface area contributed by atoms with Crippen LogP contribution in [0, 0.1) is 0 Å². The van der Waals surface area contributed by atoms with E-state index < -0.39 is 5.41 Å². The van der Waals surface area contributed by atoms with Gasteiger partial charge in [-0.15, -0.1) is 0 Å². The molecule has 0 atom stereocenters. The molecule has 2 aromatic rings. The molecule has 0 saturated heterocycles. The van der Waals surface area contributed by atoms with Crippen molar-refractivity contribution in [1.82, 2.24) is 4.73 Å². The summed E-state index contributed by atoms with van der Waals surface area (Å²) in [5.74, 6) is -0.298. The molecule has 0 aliphatic heterocycles. The molecule has 0 spiro atoms. The van der Waals surface area contributed by atoms with Gasteiger partial charge in [-0.2, -0.15) is 9.72 Å². The van der Waals surface area contributed by atoms with Gasteiger partial charge in [-0.05, 0) is 31.5 Å². The molecule has 19 heavy (non-hydrogen) atoms. The Labute approximate surface area is 111 Å². The summed E-state index contributed by atoms with van der Waals surface area (Å²) in [6.45, 7) is 3.64. The molecular formula is C15H16N2O2. The second-order valence-corrected chi connectivity index (χ2v) is 4.81. The van der Waals surface area contributed by atoms with Crippen LogP contribution in [0.15, 0.2) is 59.7 Å². The van der Waals surface area contributed by atoms with Crippen LogP contribution in [0.3, 0.4) is 0 Å². The molecule has 0 bridgehead atoms. The second kappa shape index (κ2) is 5.10. The van der Waals surface area contributed by atoms with E-state index in [9.17, 15) is 10.0 Å². The highest BCUT2D eigenvalue weighted by molar-refractivity contribution is 5.88. The highest BCUT2D eigenvalue weighted by atomic mass is 16.5. The van der Waals surface area contributed by atoms with Gasteiger partial charge >= 0.3 is 0 Å². The Balaban J connectivity index is 2.41. The molecule has 1 amide bonds. The van der Waals surface area contributed by atoms with E-state index in [1.54, 1.807) is 18.2 Å². The lowest BCUT2D eigenvalue weighted by atomic mass is 9.84. The highest BCUT2D eigenvalue weighted by Gasteiger charge is 2.29. The summed E-state index contributed by atoms with van der Waals surface area (Å²) in [4.78, 5) is 16.3. The quantitative estimate of drug-likeness (QED) is 0.837. The molecule has 2 rings (SSSR count). The SMILES string of the molecule is CC(C)(C(=O)N=c1ccccn1O)c1ccccc1. The lowest BCUT2D eigenvalue weighted by Crippen LogP contribution is -2.30. The van der Waals surface area contributed by atoms with Crippen molar-refractivity contribution in [2.45, 2.75) is 19.3 Å². The average molecular weight is 256 g/mol. The highest BCUT2D eigenvalue weighted by Crippen LogP contribution is 2.24. The van der Waals surface area contributed by atoms with Gasteiger partial charge in [0.1, 0.15) is 0 Å². The Bertz CT molecular complexity index is 642. The molecular weight excluding hydrogens is 240 g/mol. The van der Waals surface area contributed by atoms with E-state index in [-0.39, 0.29) is 11.4 Å². The number of hydrogen-bond acceptors (Lipinski definition) is 2. The zero-order valence-corrected chi connectivity index (χ0v) is 10.9. The molecule has 4 nitrogen and oxygen atoms in total. The third-order valence-corrected chi connectivity index (χ3v) is 3.06. The summed E-state index contributed by atoms with van der Waals surface area (Å²) in [5, 5.41) is 9.57. The van der Waals surface area contributed by atoms with Crippen LogP contribution >= 0.6 is 0 Å². The summed E-state index contributed by atoms with van der Waals surface area (Å²) in [7, 11) is 0. The van der Waals surface area contributed by atoms with Crippen molar-refractivity contribution in [3.05, 3.63) is 65.8 Å². The van der Waals surface area contributed by atoms with E-state index in [4.69, 9.17) is 0 Å². The standard InChI is InChI=1S/C15H16N2O2/c1-15(2,12-8-4-3-5-9-12)14(18)16-13-10-6-7-11-17(13)19/h3-11,19H,1-2H3. The molecule has 0 aliphatic rings. The van der Waals surface area contributed by atoms with Gasteiger partial charge in [0.25, 0.3) is 5.91 Å². The third-order valence-electron chi connectivity index (χ3n) is 3.06. The van der Waals surface area contributed by atoms with Crippen LogP contribution in [-0.4, -0.2) is 15.8 Å². The van der Waals surface area contributed by atoms with E-state index in [0.29, 0.717) is 0 Å². The van der Waals surface area contributed by atoms with Crippen LogP contribution in [0.4, 0.5) is 0 Å². The van der Waals surface area contributed by atoms with Gasteiger partial charge in [0.2, 0.25) is 0 Å². The minimum atomic E-state index is -0.732. The van der Waals surface area contributed by atoms with Gasteiger partial charge in [-0.3, -0.25) is 4.79 Å². The van der Waals surface area contributed by atoms with E-state index in [0.717, 1.165) is 10.3 Å². The Kier molecular flexibility index (Phi) is 3.51. The lowest BCUT2D eigenvalue weighted by Gasteiger charge is -2.20. The molecule has 4 heteroatoms. The average Bonchev–Trinajstić information content (AvgIpc) is 2.42. The van der Waals surface area contributed by atoms with E-state index in [1.807, 2.05) is 44.2 Å². The molecule has 0 unspecified atom stereocenters. The number of amides is 1. The van der Waals surface area contributed by atoms with Crippen molar-refractivity contribution in [2.24, 2.45) is 4.99 Å². The van der Waals surface area contributed by atoms with Gasteiger partial charge in [-0.1, -0.05) is 36.4 Å². The molecule has 1 aromatic carbocycles. The van der Waals surface area contributed by atoms with Crippen molar-refractivity contribution < 1.29 is 10.0 Å². The molecule has 0 aliphatic carbocycles. The number of aromatic nitrogens is 1. The fraction of sp³-hybridized carbons (Fsp3) is 0.200. The number of carbonyl (C=O) groups is 1. The summed E-state index contributed by atoms with van der Waals surface area (Å²) in [5.41, 5.74) is 0.380. The van der Waals surface area contributed by atoms with Crippen LogP contribution < -0.4 is 5.49 Å². The molecule has 1 heterocycles. The van der Waals surface area contributed by atoms with Crippen LogP contribution in [0.1, 0.15) is 19.4 Å². The monoisotopic (exact) mass is 256 g/mol. The Morgan fingerprint density at radius 2 is 1.74 bits per heavy atom. The summed E-state index contributed by atoms with van der Waals surface area (Å²) in [6.07, 6.45) is 1.43. The van der Waals surface area contributed by atoms with Crippen molar-refractivity contribution in [1.29, 1.82) is 0 Å². The maximum atomic E-state index is 12.3. The normalized spacial score (nSPS) is 12.4. The first-order chi connectivity index (χ1) is 9.01. The van der Waals surface area contributed by atoms with Crippen LogP contribution in [0.5, 0.6) is 0 Å². The number of nitrogens with zero attached hydrogens (tertiary/aromatic N) is 2. The summed E-state index contributed by atoms with van der Waals surface area (Å²) < 4.78 is 0.832. The lowest BCUT2D eigenvalue weighted by molar-refractivity contribution is -0.122. The Morgan fingerprint density at radius 1 is 1.11 bits per heavy atom. The van der Waals surface area contributed by atoms with Crippen molar-refractivity contribution in [2.75, 3.05) is 0 Å². The second-order valence-electron chi connectivity index (χ2n) is 4.81. The first-order valence-corrected chi connectivity index (χ1v) is 6.03. The van der Waals surface area contributed by atoms with E-state index in [2.05, 4.69) is 4.99 Å². The smallest absolute Gasteiger partial charge is 0.257 e. The molecule has 1 aromatic heterocycles. The predicted molar refractivity (Wildman–Crippen MR) is 71.7 cm³/mol. The molecule has 0 radical (unpaired) electrons. The number of carbonyl (C=O) groups excluding carboxylic acids is 1. The minimum Gasteiger partial charge on any atom is -0.427 e. The largest absolute Gasteiger partial charge is 0.427 e. The van der Waals surface area contributed by atoms with Crippen LogP contribution in [0.2, 0.25) is 0 Å². The van der Waals surface area contributed by atoms with Gasteiger partial charge in [-0.25, -0.2) is 0 Å². The summed E-state index contributed by atoms with van der Waals surface area (Å²) >= 11 is 0. The van der Waals surface area contributed by atoms with Gasteiger partial charge in [0.15, 0.2) is 5.49 Å². The summed E-state index contributed by atoms with van der Waals surface area (Å²) in [6, 6.07) is 14.4. The maximum Gasteiger partial charge on any atom is 0.257 e. The van der Waals surface area contributed by atoms with Crippen molar-refractivity contribution in [3.63, 3.8) is 0 Å². The minimum absolute atomic E-state index is 0.219. The van der Waals surface area contributed by atoms with Gasteiger partial charge in [0, 0.05) is 6.20 Å². The molecule has 0 saturated carbocycles. The molecule has 0 fully saturated rings. The van der Waals surface area contributed by atoms with Crippen LogP contribution in [-0.2, 0) is 10.2 Å². The van der Waals surface area contributed by atoms with Gasteiger partial charge in [0.05, 0.1) is 5.41 Å². The van der Waals surface area contributed by atoms with Gasteiger partial charge < -0.3 is 5.21 Å². The topological polar surface area (TPSA) is 54.6 Å². The Hall–Kier alpha value is -2.36. The van der Waals surface area contributed by atoms with E-state index >= 15 is 0 Å². The zero-order chi connectivity index (χ0) is 13.9. The predicted octanol–water partition coefficient (Wildman–Crippen LogP) is 2.13. The number of hydrogen-bond donors (Lipinski definition) is 1. The fourth-order valence-corrected chi connectivity index (χ4v) is 1.74. The molecule has 98 valence electrons. The maximum absolute atomic E-state index is 12.3. The zero-order valence-electron chi connectivity index (χ0n) is 10.9. The number of benzene rings is 1. The molecule has 1 N–H and O–H groups in total. The first kappa shape index (κ1) is 13.1. The van der Waals surface area contributed by atoms with Crippen molar-refractivity contribution in [3.8, 4) is 0 Å². The number of pyridine rings is 1. The van der Waals surface area contributed by atoms with E-state index in [1.165, 1.54) is 6.20 Å². The first-order valence-electron chi connectivity index (χ1n) is 6.03. The van der Waals surface area contributed by atoms with Crippen LogP contribution in [0.25, 0.3) is 0 Å². The third kappa shape index (κ3) is 2.73. The fourth-order valence-electron chi connectivity index (χ4n) is 1.74. The van der Waals surface area contributed by atoms with Crippen molar-refractivity contribution >= 4 is 5.91 Å². The Morgan fingerprint density at radius 3 is 2.37 bits per heavy atom. The number of rotatable bonds is 2.